The summed E-state index contributed by atoms with van der Waals surface area (Å²) in [5.41, 5.74) is 1.01. The van der Waals surface area contributed by atoms with Crippen molar-refractivity contribution < 1.29 is 18.3 Å². The largest absolute Gasteiger partial charge is 0.477 e. The monoisotopic (exact) mass is 301 g/mol. The Labute approximate surface area is 113 Å². The van der Waals surface area contributed by atoms with Crippen molar-refractivity contribution in [3.05, 3.63) is 34.0 Å². The van der Waals surface area contributed by atoms with Crippen molar-refractivity contribution in [2.75, 3.05) is 0 Å². The summed E-state index contributed by atoms with van der Waals surface area (Å²) in [5.74, 6) is -1.25. The molecule has 0 aliphatic heterocycles. The smallest absolute Gasteiger partial charge is 0.347 e. The standard InChI is InChI=1S/C10H11N3O4S2/c1-6-4-18-8(10(14)15)9(6)19(16,17)13-3-7-2-11-5-12-7/h2,4-5,13H,3H2,1H3,(H,11,12)(H,14,15). The quantitative estimate of drug-likeness (QED) is 0.761. The number of nitrogens with zero attached hydrogens (tertiary/aromatic N) is 1. The lowest BCUT2D eigenvalue weighted by molar-refractivity contribution is 0.0698. The van der Waals surface area contributed by atoms with Crippen molar-refractivity contribution in [3.63, 3.8) is 0 Å². The average Bonchev–Trinajstić information content (AvgIpc) is 2.95. The van der Waals surface area contributed by atoms with Crippen molar-refractivity contribution in [2.24, 2.45) is 0 Å². The summed E-state index contributed by atoms with van der Waals surface area (Å²) in [6.07, 6.45) is 2.92. The maximum atomic E-state index is 12.1. The van der Waals surface area contributed by atoms with Gasteiger partial charge in [-0.25, -0.2) is 22.9 Å². The van der Waals surface area contributed by atoms with Gasteiger partial charge in [0.2, 0.25) is 10.0 Å². The molecule has 3 N–H and O–H groups in total. The van der Waals surface area contributed by atoms with E-state index in [9.17, 15) is 13.2 Å². The fraction of sp³-hybridized carbons (Fsp3) is 0.200. The van der Waals surface area contributed by atoms with Crippen LogP contribution in [0.2, 0.25) is 0 Å². The molecule has 0 amide bonds. The second-order valence-electron chi connectivity index (χ2n) is 3.78. The molecule has 0 aromatic carbocycles. The fourth-order valence-corrected chi connectivity index (χ4v) is 4.17. The van der Waals surface area contributed by atoms with E-state index in [2.05, 4.69) is 14.7 Å². The molecular formula is C10H11N3O4S2. The van der Waals surface area contributed by atoms with Gasteiger partial charge in [0.05, 0.1) is 12.9 Å². The predicted molar refractivity (Wildman–Crippen MR) is 68.6 cm³/mol. The number of hydrogen-bond acceptors (Lipinski definition) is 5. The number of sulfonamides is 1. The summed E-state index contributed by atoms with van der Waals surface area (Å²) < 4.78 is 26.6. The van der Waals surface area contributed by atoms with E-state index in [0.29, 0.717) is 11.3 Å². The van der Waals surface area contributed by atoms with Crippen LogP contribution in [0.4, 0.5) is 0 Å². The Hall–Kier alpha value is -1.71. The van der Waals surface area contributed by atoms with Crippen LogP contribution in [0.5, 0.6) is 0 Å². The van der Waals surface area contributed by atoms with Gasteiger partial charge in [-0.15, -0.1) is 11.3 Å². The summed E-state index contributed by atoms with van der Waals surface area (Å²) >= 11 is 0.896. The third-order valence-corrected chi connectivity index (χ3v) is 5.19. The van der Waals surface area contributed by atoms with Crippen molar-refractivity contribution >= 4 is 27.3 Å². The van der Waals surface area contributed by atoms with Gasteiger partial charge in [-0.3, -0.25) is 0 Å². The SMILES string of the molecule is Cc1csc(C(=O)O)c1S(=O)(=O)NCc1cnc[nH]1. The van der Waals surface area contributed by atoms with E-state index >= 15 is 0 Å². The van der Waals surface area contributed by atoms with E-state index < -0.39 is 16.0 Å². The highest BCUT2D eigenvalue weighted by Crippen LogP contribution is 2.26. The zero-order valence-corrected chi connectivity index (χ0v) is 11.5. The molecule has 7 nitrogen and oxygen atoms in total. The summed E-state index contributed by atoms with van der Waals surface area (Å²) in [5, 5.41) is 10.5. The molecule has 0 atom stereocenters. The molecule has 0 fully saturated rings. The highest BCUT2D eigenvalue weighted by atomic mass is 32.2. The molecule has 0 saturated heterocycles. The first-order chi connectivity index (χ1) is 8.92. The highest BCUT2D eigenvalue weighted by Gasteiger charge is 2.26. The van der Waals surface area contributed by atoms with E-state index in [0.717, 1.165) is 11.3 Å². The molecule has 0 bridgehead atoms. The number of aromatic carboxylic acids is 1. The van der Waals surface area contributed by atoms with Gasteiger partial charge in [0.15, 0.2) is 0 Å². The maximum Gasteiger partial charge on any atom is 0.347 e. The number of aromatic amines is 1. The van der Waals surface area contributed by atoms with Gasteiger partial charge >= 0.3 is 5.97 Å². The number of hydrogen-bond donors (Lipinski definition) is 3. The first-order valence-corrected chi connectivity index (χ1v) is 7.56. The molecule has 2 aromatic rings. The molecule has 9 heteroatoms. The Bertz CT molecular complexity index is 688. The third kappa shape index (κ3) is 2.83. The van der Waals surface area contributed by atoms with Crippen LogP contribution in [-0.2, 0) is 16.6 Å². The summed E-state index contributed by atoms with van der Waals surface area (Å²) in [4.78, 5) is 17.2. The molecule has 2 aromatic heterocycles. The molecule has 0 radical (unpaired) electrons. The molecule has 0 spiro atoms. The molecule has 19 heavy (non-hydrogen) atoms. The number of imidazole rings is 1. The van der Waals surface area contributed by atoms with Gasteiger partial charge in [0, 0.05) is 11.9 Å². The van der Waals surface area contributed by atoms with Crippen molar-refractivity contribution in [3.8, 4) is 0 Å². The average molecular weight is 301 g/mol. The zero-order chi connectivity index (χ0) is 14.0. The molecule has 102 valence electrons. The Morgan fingerprint density at radius 2 is 2.32 bits per heavy atom. The second kappa shape index (κ2) is 5.11. The van der Waals surface area contributed by atoms with Crippen LogP contribution in [0.15, 0.2) is 22.8 Å². The number of thiophene rings is 1. The number of H-pyrrole nitrogens is 1. The Morgan fingerprint density at radius 3 is 2.89 bits per heavy atom. The van der Waals surface area contributed by atoms with Crippen LogP contribution in [0.25, 0.3) is 0 Å². The van der Waals surface area contributed by atoms with Gasteiger partial charge in [-0.1, -0.05) is 0 Å². The second-order valence-corrected chi connectivity index (χ2v) is 6.37. The minimum absolute atomic E-state index is 0.0245. The summed E-state index contributed by atoms with van der Waals surface area (Å²) in [7, 11) is -3.87. The lowest BCUT2D eigenvalue weighted by Gasteiger charge is -2.06. The van der Waals surface area contributed by atoms with E-state index in [-0.39, 0.29) is 16.3 Å². The number of carbonyl (C=O) groups is 1. The van der Waals surface area contributed by atoms with E-state index in [1.807, 2.05) is 0 Å². The Kier molecular flexibility index (Phi) is 3.69. The molecule has 0 aliphatic carbocycles. The fourth-order valence-electron chi connectivity index (χ4n) is 1.54. The van der Waals surface area contributed by atoms with Crippen LogP contribution in [0.3, 0.4) is 0 Å². The van der Waals surface area contributed by atoms with Crippen LogP contribution in [-0.4, -0.2) is 29.5 Å². The van der Waals surface area contributed by atoms with Crippen molar-refractivity contribution in [2.45, 2.75) is 18.4 Å². The highest BCUT2D eigenvalue weighted by molar-refractivity contribution is 7.89. The van der Waals surface area contributed by atoms with Crippen LogP contribution < -0.4 is 4.72 Å². The Morgan fingerprint density at radius 1 is 1.58 bits per heavy atom. The van der Waals surface area contributed by atoms with E-state index in [1.165, 1.54) is 17.9 Å². The number of nitrogens with one attached hydrogen (secondary N) is 2. The lowest BCUT2D eigenvalue weighted by atomic mass is 10.3. The topological polar surface area (TPSA) is 112 Å². The van der Waals surface area contributed by atoms with E-state index in [4.69, 9.17) is 5.11 Å². The number of carboxylic acids is 1. The van der Waals surface area contributed by atoms with Crippen LogP contribution >= 0.6 is 11.3 Å². The zero-order valence-electron chi connectivity index (χ0n) is 9.87. The predicted octanol–water partition coefficient (Wildman–Crippen LogP) is 0.956. The van der Waals surface area contributed by atoms with Crippen LogP contribution in [0, 0.1) is 6.92 Å². The molecule has 2 rings (SSSR count). The Balaban J connectivity index is 2.29. The van der Waals surface area contributed by atoms with Gasteiger partial charge in [-0.05, 0) is 17.9 Å². The summed E-state index contributed by atoms with van der Waals surface area (Å²) in [6.45, 7) is 1.59. The minimum Gasteiger partial charge on any atom is -0.477 e. The minimum atomic E-state index is -3.87. The molecule has 0 unspecified atom stereocenters. The van der Waals surface area contributed by atoms with Gasteiger partial charge in [-0.2, -0.15) is 0 Å². The van der Waals surface area contributed by atoms with E-state index in [1.54, 1.807) is 6.92 Å². The number of aryl methyl sites for hydroxylation is 1. The molecule has 2 heterocycles. The lowest BCUT2D eigenvalue weighted by Crippen LogP contribution is -2.25. The van der Waals surface area contributed by atoms with Crippen molar-refractivity contribution in [1.29, 1.82) is 0 Å². The first kappa shape index (κ1) is 13.7. The molecular weight excluding hydrogens is 290 g/mol. The number of carboxylic acid groups (broad SMARTS) is 1. The first-order valence-electron chi connectivity index (χ1n) is 5.20. The van der Waals surface area contributed by atoms with Gasteiger partial charge < -0.3 is 10.1 Å². The van der Waals surface area contributed by atoms with Crippen molar-refractivity contribution in [1.82, 2.24) is 14.7 Å². The van der Waals surface area contributed by atoms with Gasteiger partial charge in [0.1, 0.15) is 9.77 Å². The maximum absolute atomic E-state index is 12.1. The normalized spacial score (nSPS) is 11.6. The van der Waals surface area contributed by atoms with Crippen LogP contribution in [0.1, 0.15) is 20.9 Å². The summed E-state index contributed by atoms with van der Waals surface area (Å²) in [6, 6.07) is 0. The number of aromatic nitrogens is 2. The van der Waals surface area contributed by atoms with Gasteiger partial charge in [0.25, 0.3) is 0 Å². The number of rotatable bonds is 5. The molecule has 0 aliphatic rings. The third-order valence-electron chi connectivity index (χ3n) is 2.39. The molecule has 0 saturated carbocycles.